The van der Waals surface area contributed by atoms with Gasteiger partial charge in [0, 0.05) is 5.56 Å². The van der Waals surface area contributed by atoms with Gasteiger partial charge in [-0.2, -0.15) is 0 Å². The summed E-state index contributed by atoms with van der Waals surface area (Å²) in [7, 11) is 1.66. The maximum Gasteiger partial charge on any atom is 0.128 e. The quantitative estimate of drug-likeness (QED) is 0.803. The lowest BCUT2D eigenvalue weighted by molar-refractivity contribution is 0.416. The third-order valence-electron chi connectivity index (χ3n) is 2.05. The van der Waals surface area contributed by atoms with Crippen LogP contribution >= 0.6 is 11.6 Å². The molecule has 2 rings (SSSR count). The zero-order chi connectivity index (χ0) is 9.97. The van der Waals surface area contributed by atoms with Crippen molar-refractivity contribution < 1.29 is 4.74 Å². The summed E-state index contributed by atoms with van der Waals surface area (Å²) in [6, 6.07) is 11.6. The molecule has 0 saturated carbocycles. The van der Waals surface area contributed by atoms with E-state index in [4.69, 9.17) is 16.3 Å². The van der Waals surface area contributed by atoms with E-state index >= 15 is 0 Å². The van der Waals surface area contributed by atoms with Gasteiger partial charge >= 0.3 is 0 Å². The minimum atomic E-state index is 0.630. The molecule has 2 nitrogen and oxygen atoms in total. The van der Waals surface area contributed by atoms with Crippen molar-refractivity contribution >= 4 is 11.6 Å². The lowest BCUT2D eigenvalue weighted by Gasteiger charge is -2.05. The third kappa shape index (κ3) is 1.61. The normalized spacial score (nSPS) is 10.1. The van der Waals surface area contributed by atoms with Crippen LogP contribution in [0.25, 0.3) is 11.3 Å². The van der Waals surface area contributed by atoms with Crippen LogP contribution in [0.5, 0.6) is 5.75 Å². The third-order valence-corrected chi connectivity index (χ3v) is 2.27. The Hall–Kier alpha value is -1.41. The van der Waals surface area contributed by atoms with E-state index in [0.717, 1.165) is 17.0 Å². The monoisotopic (exact) mass is 207 g/mol. The van der Waals surface area contributed by atoms with Gasteiger partial charge in [-0.25, -0.2) is 0 Å². The number of aromatic amines is 1. The molecule has 0 saturated heterocycles. The van der Waals surface area contributed by atoms with Crippen molar-refractivity contribution in [3.63, 3.8) is 0 Å². The Balaban J connectivity index is 2.50. The highest BCUT2D eigenvalue weighted by Gasteiger charge is 2.05. The molecule has 1 heterocycles. The van der Waals surface area contributed by atoms with Gasteiger partial charge in [-0.3, -0.25) is 0 Å². The van der Waals surface area contributed by atoms with Gasteiger partial charge in [-0.05, 0) is 24.3 Å². The fourth-order valence-corrected chi connectivity index (χ4v) is 1.56. The van der Waals surface area contributed by atoms with E-state index in [2.05, 4.69) is 4.98 Å². The number of aromatic nitrogens is 1. The van der Waals surface area contributed by atoms with Crippen LogP contribution in [0, 0.1) is 0 Å². The van der Waals surface area contributed by atoms with Gasteiger partial charge in [0.1, 0.15) is 10.9 Å². The number of hydrogen-bond donors (Lipinski definition) is 1. The van der Waals surface area contributed by atoms with Crippen LogP contribution in [-0.2, 0) is 0 Å². The number of hydrogen-bond acceptors (Lipinski definition) is 1. The number of rotatable bonds is 2. The van der Waals surface area contributed by atoms with Gasteiger partial charge in [0.05, 0.1) is 12.8 Å². The second-order valence-electron chi connectivity index (χ2n) is 2.92. The molecule has 1 N–H and O–H groups in total. The number of halogens is 1. The van der Waals surface area contributed by atoms with Crippen molar-refractivity contribution in [2.75, 3.05) is 7.11 Å². The summed E-state index contributed by atoms with van der Waals surface area (Å²) >= 11 is 5.81. The highest BCUT2D eigenvalue weighted by Crippen LogP contribution is 2.29. The Morgan fingerprint density at radius 2 is 1.93 bits per heavy atom. The predicted octanol–water partition coefficient (Wildman–Crippen LogP) is 3.34. The van der Waals surface area contributed by atoms with Crippen LogP contribution in [0.15, 0.2) is 36.4 Å². The second-order valence-corrected chi connectivity index (χ2v) is 3.33. The molecule has 0 aliphatic carbocycles. The van der Waals surface area contributed by atoms with E-state index < -0.39 is 0 Å². The number of ether oxygens (including phenoxy) is 1. The van der Waals surface area contributed by atoms with Crippen molar-refractivity contribution in [3.8, 4) is 17.0 Å². The van der Waals surface area contributed by atoms with Crippen LogP contribution in [0.4, 0.5) is 0 Å². The van der Waals surface area contributed by atoms with E-state index in [1.807, 2.05) is 36.4 Å². The molecule has 1 aromatic carbocycles. The Morgan fingerprint density at radius 1 is 1.14 bits per heavy atom. The predicted molar refractivity (Wildman–Crippen MR) is 57.8 cm³/mol. The molecule has 0 aliphatic rings. The molecular formula is C11H10ClNO. The van der Waals surface area contributed by atoms with Gasteiger partial charge < -0.3 is 9.72 Å². The zero-order valence-corrected chi connectivity index (χ0v) is 8.51. The van der Waals surface area contributed by atoms with Crippen LogP contribution in [0.3, 0.4) is 0 Å². The van der Waals surface area contributed by atoms with Crippen LogP contribution in [0.1, 0.15) is 0 Å². The molecule has 0 bridgehead atoms. The summed E-state index contributed by atoms with van der Waals surface area (Å²) < 4.78 is 5.25. The van der Waals surface area contributed by atoms with Crippen molar-refractivity contribution in [1.29, 1.82) is 0 Å². The lowest BCUT2D eigenvalue weighted by atomic mass is 10.1. The van der Waals surface area contributed by atoms with Crippen molar-refractivity contribution in [2.45, 2.75) is 0 Å². The molecule has 1 aromatic heterocycles. The first-order chi connectivity index (χ1) is 6.81. The Bertz CT molecular complexity index is 436. The number of nitrogens with one attached hydrogen (secondary N) is 1. The van der Waals surface area contributed by atoms with Gasteiger partial charge in [0.15, 0.2) is 0 Å². The summed E-state index contributed by atoms with van der Waals surface area (Å²) in [6.07, 6.45) is 0. The number of H-pyrrole nitrogens is 1. The Morgan fingerprint density at radius 3 is 2.57 bits per heavy atom. The first-order valence-electron chi connectivity index (χ1n) is 4.29. The van der Waals surface area contributed by atoms with E-state index in [-0.39, 0.29) is 0 Å². The van der Waals surface area contributed by atoms with Crippen LogP contribution < -0.4 is 4.74 Å². The van der Waals surface area contributed by atoms with Crippen molar-refractivity contribution in [3.05, 3.63) is 41.6 Å². The Labute approximate surface area is 87.5 Å². The fourth-order valence-electron chi connectivity index (χ4n) is 1.39. The molecule has 14 heavy (non-hydrogen) atoms. The van der Waals surface area contributed by atoms with Gasteiger partial charge in [0.2, 0.25) is 0 Å². The molecule has 0 atom stereocenters. The summed E-state index contributed by atoms with van der Waals surface area (Å²) in [6.45, 7) is 0. The summed E-state index contributed by atoms with van der Waals surface area (Å²) in [4.78, 5) is 3.05. The highest BCUT2D eigenvalue weighted by molar-refractivity contribution is 6.29. The summed E-state index contributed by atoms with van der Waals surface area (Å²) in [5.41, 5.74) is 1.98. The minimum Gasteiger partial charge on any atom is -0.496 e. The number of para-hydroxylation sites is 1. The SMILES string of the molecule is COc1ccccc1-c1ccc(Cl)[nH]1. The molecule has 0 spiro atoms. The topological polar surface area (TPSA) is 25.0 Å². The van der Waals surface area contributed by atoms with E-state index in [9.17, 15) is 0 Å². The van der Waals surface area contributed by atoms with E-state index in [1.54, 1.807) is 7.11 Å². The molecule has 0 unspecified atom stereocenters. The second kappa shape index (κ2) is 3.76. The standard InChI is InChI=1S/C11H10ClNO/c1-14-10-5-3-2-4-8(10)9-6-7-11(12)13-9/h2-7,13H,1H3. The van der Waals surface area contributed by atoms with E-state index in [0.29, 0.717) is 5.15 Å². The smallest absolute Gasteiger partial charge is 0.128 e. The minimum absolute atomic E-state index is 0.630. The number of methoxy groups -OCH3 is 1. The average molecular weight is 208 g/mol. The average Bonchev–Trinajstić information content (AvgIpc) is 2.65. The molecule has 0 aliphatic heterocycles. The van der Waals surface area contributed by atoms with Gasteiger partial charge in [-0.1, -0.05) is 23.7 Å². The zero-order valence-electron chi connectivity index (χ0n) is 7.75. The molecule has 0 amide bonds. The highest BCUT2D eigenvalue weighted by atomic mass is 35.5. The molecule has 3 heteroatoms. The van der Waals surface area contributed by atoms with Gasteiger partial charge in [0.25, 0.3) is 0 Å². The fraction of sp³-hybridized carbons (Fsp3) is 0.0909. The first-order valence-corrected chi connectivity index (χ1v) is 4.67. The molecule has 72 valence electrons. The Kier molecular flexibility index (Phi) is 2.46. The summed E-state index contributed by atoms with van der Waals surface area (Å²) in [5.74, 6) is 0.839. The molecule has 2 aromatic rings. The first kappa shape index (κ1) is 9.16. The molecular weight excluding hydrogens is 198 g/mol. The summed E-state index contributed by atoms with van der Waals surface area (Å²) in [5, 5.41) is 0.630. The van der Waals surface area contributed by atoms with E-state index in [1.165, 1.54) is 0 Å². The molecule has 0 fully saturated rings. The van der Waals surface area contributed by atoms with Crippen LogP contribution in [-0.4, -0.2) is 12.1 Å². The van der Waals surface area contributed by atoms with Crippen molar-refractivity contribution in [2.24, 2.45) is 0 Å². The van der Waals surface area contributed by atoms with Crippen LogP contribution in [0.2, 0.25) is 5.15 Å². The van der Waals surface area contributed by atoms with Crippen molar-refractivity contribution in [1.82, 2.24) is 4.98 Å². The largest absolute Gasteiger partial charge is 0.496 e. The maximum absolute atomic E-state index is 5.81. The molecule has 0 radical (unpaired) electrons. The van der Waals surface area contributed by atoms with Gasteiger partial charge in [-0.15, -0.1) is 0 Å². The number of benzene rings is 1. The maximum atomic E-state index is 5.81. The lowest BCUT2D eigenvalue weighted by Crippen LogP contribution is -1.86.